The number of halogens is 1. The first-order chi connectivity index (χ1) is 11.6. The topological polar surface area (TPSA) is 71.1 Å². The number of amides is 2. The van der Waals surface area contributed by atoms with Crippen LogP contribution in [-0.4, -0.2) is 23.8 Å². The lowest BCUT2D eigenvalue weighted by atomic mass is 10.0. The van der Waals surface area contributed by atoms with Crippen LogP contribution in [0.25, 0.3) is 0 Å². The molecule has 6 heteroatoms. The quantitative estimate of drug-likeness (QED) is 0.901. The Morgan fingerprint density at radius 3 is 2.79 bits per heavy atom. The fourth-order valence-corrected chi connectivity index (χ4v) is 3.98. The lowest BCUT2D eigenvalue weighted by Crippen LogP contribution is -2.21. The van der Waals surface area contributed by atoms with Crippen LogP contribution in [0.3, 0.4) is 0 Å². The molecule has 2 aliphatic rings. The maximum atomic E-state index is 12.5. The van der Waals surface area contributed by atoms with Gasteiger partial charge in [0, 0.05) is 23.9 Å². The van der Waals surface area contributed by atoms with Crippen LogP contribution in [0.15, 0.2) is 36.4 Å². The second-order valence-corrected chi connectivity index (χ2v) is 6.61. The zero-order chi connectivity index (χ0) is 16.8. The lowest BCUT2D eigenvalue weighted by Gasteiger charge is -2.10. The summed E-state index contributed by atoms with van der Waals surface area (Å²) in [6.45, 7) is 0. The molecule has 5 nitrogen and oxygen atoms in total. The summed E-state index contributed by atoms with van der Waals surface area (Å²) in [5.74, 6) is 0.608. The molecule has 1 aromatic carbocycles. The van der Waals surface area contributed by atoms with E-state index in [1.807, 2.05) is 12.1 Å². The number of benzene rings is 1. The number of fused-ring (bicyclic) bond motifs is 3. The summed E-state index contributed by atoms with van der Waals surface area (Å²) in [6.07, 6.45) is 0.851. The van der Waals surface area contributed by atoms with Gasteiger partial charge >= 0.3 is 0 Å². The molecule has 2 amide bonds. The van der Waals surface area contributed by atoms with E-state index in [4.69, 9.17) is 11.6 Å². The van der Waals surface area contributed by atoms with E-state index < -0.39 is 0 Å². The predicted octanol–water partition coefficient (Wildman–Crippen LogP) is 2.62. The van der Waals surface area contributed by atoms with E-state index in [-0.39, 0.29) is 29.3 Å². The van der Waals surface area contributed by atoms with E-state index >= 15 is 0 Å². The van der Waals surface area contributed by atoms with Gasteiger partial charge < -0.3 is 10.6 Å². The van der Waals surface area contributed by atoms with Gasteiger partial charge in [0.25, 0.3) is 5.91 Å². The Morgan fingerprint density at radius 2 is 2.00 bits per heavy atom. The zero-order valence-corrected chi connectivity index (χ0v) is 13.8. The minimum absolute atomic E-state index is 0.0403. The van der Waals surface area contributed by atoms with E-state index in [2.05, 4.69) is 21.7 Å². The lowest BCUT2D eigenvalue weighted by molar-refractivity contribution is -0.117. The first kappa shape index (κ1) is 15.1. The van der Waals surface area contributed by atoms with Crippen molar-refractivity contribution >= 4 is 29.2 Å². The largest absolute Gasteiger partial charge is 0.354 e. The van der Waals surface area contributed by atoms with Crippen molar-refractivity contribution in [2.45, 2.75) is 12.3 Å². The second-order valence-electron chi connectivity index (χ2n) is 6.20. The number of carbonyl (C=O) groups excluding carboxylic acids is 2. The molecule has 24 heavy (non-hydrogen) atoms. The van der Waals surface area contributed by atoms with Gasteiger partial charge in [0.05, 0.1) is 0 Å². The van der Waals surface area contributed by atoms with Crippen molar-refractivity contribution in [3.8, 4) is 0 Å². The molecule has 2 N–H and O–H groups in total. The maximum Gasteiger partial charge on any atom is 0.269 e. The average molecular weight is 342 g/mol. The number of hydrogen-bond donors (Lipinski definition) is 2. The van der Waals surface area contributed by atoms with Gasteiger partial charge in [-0.15, -0.1) is 0 Å². The summed E-state index contributed by atoms with van der Waals surface area (Å²) in [5, 5.41) is 6.14. The van der Waals surface area contributed by atoms with Crippen LogP contribution in [0, 0.1) is 11.8 Å². The van der Waals surface area contributed by atoms with Crippen LogP contribution in [0.1, 0.15) is 27.5 Å². The number of hydrogen-bond acceptors (Lipinski definition) is 3. The first-order valence-corrected chi connectivity index (χ1v) is 8.25. The second kappa shape index (κ2) is 5.60. The number of aromatic nitrogens is 1. The predicted molar refractivity (Wildman–Crippen MR) is 91.1 cm³/mol. The normalized spacial score (nSPS) is 23.2. The highest BCUT2D eigenvalue weighted by molar-refractivity contribution is 6.31. The van der Waals surface area contributed by atoms with E-state index in [9.17, 15) is 9.59 Å². The summed E-state index contributed by atoms with van der Waals surface area (Å²) < 4.78 is 0. The van der Waals surface area contributed by atoms with Gasteiger partial charge in [0.1, 0.15) is 11.5 Å². The number of carbonyl (C=O) groups is 2. The van der Waals surface area contributed by atoms with Crippen LogP contribution >= 0.6 is 11.6 Å². The number of nitrogens with one attached hydrogen (secondary N) is 2. The minimum atomic E-state index is -0.280. The molecule has 0 radical (unpaired) electrons. The molecule has 122 valence electrons. The van der Waals surface area contributed by atoms with Crippen molar-refractivity contribution in [2.75, 3.05) is 12.4 Å². The van der Waals surface area contributed by atoms with Gasteiger partial charge in [-0.05, 0) is 41.7 Å². The average Bonchev–Trinajstić information content (AvgIpc) is 3.18. The molecule has 0 aliphatic heterocycles. The Hall–Kier alpha value is -2.40. The fourth-order valence-electron chi connectivity index (χ4n) is 3.72. The Labute approximate surface area is 144 Å². The highest BCUT2D eigenvalue weighted by atomic mass is 35.5. The SMILES string of the molecule is CNC(=O)c1cccc(NC(=O)C2C3Cc4c(Cl)cccc4C32)n1. The molecule has 4 rings (SSSR count). The molecule has 1 heterocycles. The van der Waals surface area contributed by atoms with Crippen molar-refractivity contribution < 1.29 is 9.59 Å². The molecular formula is C18H16ClN3O2. The van der Waals surface area contributed by atoms with Gasteiger partial charge in [0.2, 0.25) is 5.91 Å². The zero-order valence-electron chi connectivity index (χ0n) is 13.0. The number of rotatable bonds is 3. The Kier molecular flexibility index (Phi) is 3.53. The molecule has 1 aromatic heterocycles. The molecule has 2 aliphatic carbocycles. The van der Waals surface area contributed by atoms with Crippen LogP contribution < -0.4 is 10.6 Å². The van der Waals surface area contributed by atoms with E-state index in [1.54, 1.807) is 25.2 Å². The minimum Gasteiger partial charge on any atom is -0.354 e. The van der Waals surface area contributed by atoms with Crippen LogP contribution in [-0.2, 0) is 11.2 Å². The third-order valence-corrected chi connectivity index (χ3v) is 5.24. The van der Waals surface area contributed by atoms with Crippen molar-refractivity contribution in [1.82, 2.24) is 10.3 Å². The van der Waals surface area contributed by atoms with Gasteiger partial charge in [-0.1, -0.05) is 29.8 Å². The monoisotopic (exact) mass is 341 g/mol. The highest BCUT2D eigenvalue weighted by Crippen LogP contribution is 2.62. The van der Waals surface area contributed by atoms with Crippen LogP contribution in [0.4, 0.5) is 5.82 Å². The molecule has 0 saturated heterocycles. The summed E-state index contributed by atoms with van der Waals surface area (Å²) in [4.78, 5) is 28.4. The Bertz CT molecular complexity index is 852. The Morgan fingerprint density at radius 1 is 1.21 bits per heavy atom. The van der Waals surface area contributed by atoms with Crippen molar-refractivity contribution in [1.29, 1.82) is 0 Å². The Balaban J connectivity index is 1.49. The van der Waals surface area contributed by atoms with Gasteiger partial charge in [-0.25, -0.2) is 4.98 Å². The smallest absolute Gasteiger partial charge is 0.269 e. The number of pyridine rings is 1. The van der Waals surface area contributed by atoms with Crippen LogP contribution in [0.5, 0.6) is 0 Å². The van der Waals surface area contributed by atoms with Crippen molar-refractivity contribution in [3.05, 3.63) is 58.2 Å². The van der Waals surface area contributed by atoms with E-state index in [1.165, 1.54) is 11.1 Å². The van der Waals surface area contributed by atoms with Crippen LogP contribution in [0.2, 0.25) is 5.02 Å². The third-order valence-electron chi connectivity index (χ3n) is 4.89. The molecular weight excluding hydrogens is 326 g/mol. The van der Waals surface area contributed by atoms with Gasteiger partial charge in [-0.2, -0.15) is 0 Å². The molecule has 3 unspecified atom stereocenters. The number of nitrogens with zero attached hydrogens (tertiary/aromatic N) is 1. The summed E-state index contributed by atoms with van der Waals surface area (Å²) >= 11 is 6.22. The van der Waals surface area contributed by atoms with Crippen molar-refractivity contribution in [2.24, 2.45) is 11.8 Å². The molecule has 0 spiro atoms. The summed E-state index contributed by atoms with van der Waals surface area (Å²) in [5.41, 5.74) is 2.65. The molecule has 0 bridgehead atoms. The molecule has 3 atom stereocenters. The maximum absolute atomic E-state index is 12.5. The summed E-state index contributed by atoms with van der Waals surface area (Å²) in [7, 11) is 1.54. The molecule has 1 fully saturated rings. The molecule has 1 saturated carbocycles. The van der Waals surface area contributed by atoms with Crippen molar-refractivity contribution in [3.63, 3.8) is 0 Å². The van der Waals surface area contributed by atoms with E-state index in [0.29, 0.717) is 11.7 Å². The third kappa shape index (κ3) is 2.36. The highest BCUT2D eigenvalue weighted by Gasteiger charge is 2.59. The van der Waals surface area contributed by atoms with Gasteiger partial charge in [-0.3, -0.25) is 9.59 Å². The summed E-state index contributed by atoms with van der Waals surface area (Å²) in [6, 6.07) is 10.9. The molecule has 2 aromatic rings. The standard InChI is InChI=1S/C18H16ClN3O2/c1-20-17(23)13-6-3-7-14(21-13)22-18(24)16-11-8-10-9(15(11)16)4-2-5-12(10)19/h2-7,11,15-16H,8H2,1H3,(H,20,23)(H,21,22,24). The number of anilines is 1. The fraction of sp³-hybridized carbons (Fsp3) is 0.278. The van der Waals surface area contributed by atoms with E-state index in [0.717, 1.165) is 11.4 Å². The van der Waals surface area contributed by atoms with Gasteiger partial charge in [0.15, 0.2) is 0 Å². The first-order valence-electron chi connectivity index (χ1n) is 7.87.